The standard InChI is InChI=1S/C24H19N3O5S2/c1-32-18-7-5-16(27(30)31)9-14(18)11-33-24-25-17-6-4-15(10-19(17)34-24)26-22(28)20-12-2-3-13(8-12)21(20)23(26)29/h2-7,9-10,12-13,20-21H,8,11H2,1H3. The van der Waals surface area contributed by atoms with Crippen LogP contribution in [0.3, 0.4) is 0 Å². The molecule has 10 heteroatoms. The number of nitro benzene ring substituents is 1. The summed E-state index contributed by atoms with van der Waals surface area (Å²) >= 11 is 2.93. The number of nitro groups is 1. The number of imide groups is 1. The minimum absolute atomic E-state index is 0.0127. The first-order chi connectivity index (χ1) is 16.4. The summed E-state index contributed by atoms with van der Waals surface area (Å²) in [5.41, 5.74) is 2.10. The molecule has 0 spiro atoms. The van der Waals surface area contributed by atoms with Crippen LogP contribution in [0, 0.1) is 33.8 Å². The predicted octanol–water partition coefficient (Wildman–Crippen LogP) is 4.82. The molecule has 4 unspecified atom stereocenters. The molecule has 1 aliphatic heterocycles. The minimum atomic E-state index is -0.427. The number of carbonyl (C=O) groups is 2. The Bertz CT molecular complexity index is 1370. The molecule has 2 amide bonds. The van der Waals surface area contributed by atoms with E-state index in [4.69, 9.17) is 4.74 Å². The highest BCUT2D eigenvalue weighted by Gasteiger charge is 2.59. The van der Waals surface area contributed by atoms with E-state index in [1.165, 1.54) is 47.2 Å². The summed E-state index contributed by atoms with van der Waals surface area (Å²) in [7, 11) is 1.53. The molecule has 2 bridgehead atoms. The number of anilines is 1. The molecular formula is C24H19N3O5S2. The van der Waals surface area contributed by atoms with E-state index in [1.807, 2.05) is 12.1 Å². The van der Waals surface area contributed by atoms with Gasteiger partial charge in [-0.2, -0.15) is 0 Å². The van der Waals surface area contributed by atoms with Crippen molar-refractivity contribution < 1.29 is 19.2 Å². The average Bonchev–Trinajstić information content (AvgIpc) is 3.59. The fraction of sp³-hybridized carbons (Fsp3) is 0.292. The van der Waals surface area contributed by atoms with Crippen molar-refractivity contribution in [3.63, 3.8) is 0 Å². The zero-order chi connectivity index (χ0) is 23.6. The molecule has 3 aromatic rings. The second kappa shape index (κ2) is 7.92. The van der Waals surface area contributed by atoms with Crippen molar-refractivity contribution in [2.24, 2.45) is 23.7 Å². The van der Waals surface area contributed by atoms with Crippen LogP contribution in [-0.4, -0.2) is 28.8 Å². The lowest BCUT2D eigenvalue weighted by molar-refractivity contribution is -0.384. The fourth-order valence-corrected chi connectivity index (χ4v) is 7.46. The van der Waals surface area contributed by atoms with E-state index in [2.05, 4.69) is 17.1 Å². The van der Waals surface area contributed by atoms with E-state index in [9.17, 15) is 19.7 Å². The van der Waals surface area contributed by atoms with E-state index in [1.54, 1.807) is 12.1 Å². The first kappa shape index (κ1) is 21.3. The van der Waals surface area contributed by atoms with Crippen molar-refractivity contribution in [1.82, 2.24) is 4.98 Å². The van der Waals surface area contributed by atoms with E-state index >= 15 is 0 Å². The number of hydrogen-bond acceptors (Lipinski definition) is 8. The van der Waals surface area contributed by atoms with Crippen LogP contribution < -0.4 is 9.64 Å². The van der Waals surface area contributed by atoms with Gasteiger partial charge in [0, 0.05) is 23.4 Å². The number of allylic oxidation sites excluding steroid dienone is 2. The number of ether oxygens (including phenoxy) is 1. The maximum atomic E-state index is 13.1. The molecule has 2 fully saturated rings. The van der Waals surface area contributed by atoms with Crippen molar-refractivity contribution in [1.29, 1.82) is 0 Å². The monoisotopic (exact) mass is 493 g/mol. The number of thiazole rings is 1. The zero-order valence-corrected chi connectivity index (χ0v) is 19.7. The number of nitrogens with zero attached hydrogens (tertiary/aromatic N) is 3. The van der Waals surface area contributed by atoms with Gasteiger partial charge in [0.15, 0.2) is 4.34 Å². The maximum absolute atomic E-state index is 13.1. The molecule has 6 rings (SSSR count). The molecule has 34 heavy (non-hydrogen) atoms. The normalized spacial score (nSPS) is 24.9. The average molecular weight is 494 g/mol. The number of carbonyl (C=O) groups excluding carboxylic acids is 2. The Morgan fingerprint density at radius 2 is 1.88 bits per heavy atom. The second-order valence-corrected chi connectivity index (χ2v) is 10.9. The Morgan fingerprint density at radius 1 is 1.15 bits per heavy atom. The lowest BCUT2D eigenvalue weighted by atomic mass is 9.85. The summed E-state index contributed by atoms with van der Waals surface area (Å²) < 4.78 is 7.01. The van der Waals surface area contributed by atoms with Gasteiger partial charge in [-0.15, -0.1) is 11.3 Å². The van der Waals surface area contributed by atoms with Crippen LogP contribution in [0.4, 0.5) is 11.4 Å². The molecule has 4 atom stereocenters. The highest BCUT2D eigenvalue weighted by atomic mass is 32.2. The number of non-ortho nitro benzene ring substituents is 1. The molecule has 0 N–H and O–H groups in total. The van der Waals surface area contributed by atoms with Crippen LogP contribution in [0.5, 0.6) is 5.75 Å². The number of thioether (sulfide) groups is 1. The number of amides is 2. The second-order valence-electron chi connectivity index (χ2n) is 8.69. The third kappa shape index (κ3) is 3.24. The van der Waals surface area contributed by atoms with E-state index < -0.39 is 4.92 Å². The molecule has 3 aliphatic rings. The van der Waals surface area contributed by atoms with Crippen molar-refractivity contribution in [3.8, 4) is 5.75 Å². The first-order valence-electron chi connectivity index (χ1n) is 10.9. The molecule has 0 radical (unpaired) electrons. The molecule has 8 nitrogen and oxygen atoms in total. The SMILES string of the molecule is COc1ccc([N+](=O)[O-])cc1CSc1nc2ccc(N3C(=O)C4C5C=CC(C5)C4C3=O)cc2s1. The van der Waals surface area contributed by atoms with E-state index in [-0.39, 0.29) is 41.2 Å². The lowest BCUT2D eigenvalue weighted by Crippen LogP contribution is -2.32. The topological polar surface area (TPSA) is 103 Å². The summed E-state index contributed by atoms with van der Waals surface area (Å²) in [6.45, 7) is 0. The quantitative estimate of drug-likeness (QED) is 0.159. The van der Waals surface area contributed by atoms with Gasteiger partial charge in [-0.05, 0) is 42.5 Å². The zero-order valence-electron chi connectivity index (χ0n) is 18.0. The third-order valence-corrected chi connectivity index (χ3v) is 9.12. The number of aromatic nitrogens is 1. The molecule has 2 aliphatic carbocycles. The van der Waals surface area contributed by atoms with Crippen LogP contribution in [0.25, 0.3) is 10.2 Å². The van der Waals surface area contributed by atoms with Crippen LogP contribution in [0.1, 0.15) is 12.0 Å². The van der Waals surface area contributed by atoms with Gasteiger partial charge in [0.25, 0.3) is 5.69 Å². The summed E-state index contributed by atoms with van der Waals surface area (Å²) in [5, 5.41) is 11.1. The molecule has 172 valence electrons. The third-order valence-electron chi connectivity index (χ3n) is 6.91. The van der Waals surface area contributed by atoms with Gasteiger partial charge in [-0.25, -0.2) is 9.88 Å². The van der Waals surface area contributed by atoms with Crippen molar-refractivity contribution in [2.45, 2.75) is 16.5 Å². The molecule has 1 aromatic heterocycles. The molecule has 2 heterocycles. The summed E-state index contributed by atoms with van der Waals surface area (Å²) in [6, 6.07) is 10.0. The van der Waals surface area contributed by atoms with Gasteiger partial charge < -0.3 is 4.74 Å². The highest BCUT2D eigenvalue weighted by molar-refractivity contribution is 8.00. The van der Waals surface area contributed by atoms with E-state index in [0.717, 1.165) is 21.0 Å². The smallest absolute Gasteiger partial charge is 0.270 e. The van der Waals surface area contributed by atoms with Crippen molar-refractivity contribution in [2.75, 3.05) is 12.0 Å². The van der Waals surface area contributed by atoms with Crippen LogP contribution in [0.2, 0.25) is 0 Å². The fourth-order valence-electron chi connectivity index (χ4n) is 5.38. The Hall–Kier alpha value is -3.24. The van der Waals surface area contributed by atoms with Gasteiger partial charge in [0.1, 0.15) is 5.75 Å². The highest BCUT2D eigenvalue weighted by Crippen LogP contribution is 2.53. The van der Waals surface area contributed by atoms with Gasteiger partial charge in [-0.3, -0.25) is 19.7 Å². The lowest BCUT2D eigenvalue weighted by Gasteiger charge is -2.17. The number of hydrogen-bond donors (Lipinski definition) is 0. The van der Waals surface area contributed by atoms with Gasteiger partial charge >= 0.3 is 0 Å². The Morgan fingerprint density at radius 3 is 2.56 bits per heavy atom. The van der Waals surface area contributed by atoms with Crippen LogP contribution in [-0.2, 0) is 15.3 Å². The largest absolute Gasteiger partial charge is 0.496 e. The molecular weight excluding hydrogens is 474 g/mol. The maximum Gasteiger partial charge on any atom is 0.270 e. The summed E-state index contributed by atoms with van der Waals surface area (Å²) in [6.07, 6.45) is 5.09. The van der Waals surface area contributed by atoms with Crippen LogP contribution in [0.15, 0.2) is 52.9 Å². The predicted molar refractivity (Wildman–Crippen MR) is 129 cm³/mol. The van der Waals surface area contributed by atoms with Gasteiger partial charge in [-0.1, -0.05) is 23.9 Å². The Balaban J connectivity index is 1.24. The number of methoxy groups -OCH3 is 1. The Kier molecular flexibility index (Phi) is 4.96. The Labute approximate surface area is 202 Å². The molecule has 1 saturated heterocycles. The van der Waals surface area contributed by atoms with Gasteiger partial charge in [0.2, 0.25) is 11.8 Å². The number of benzene rings is 2. The van der Waals surface area contributed by atoms with E-state index in [0.29, 0.717) is 22.8 Å². The molecule has 2 aromatic carbocycles. The van der Waals surface area contributed by atoms with Gasteiger partial charge in [0.05, 0.1) is 39.8 Å². The number of fused-ring (bicyclic) bond motifs is 6. The summed E-state index contributed by atoms with van der Waals surface area (Å²) in [5.74, 6) is 0.758. The number of rotatable bonds is 6. The summed E-state index contributed by atoms with van der Waals surface area (Å²) in [4.78, 5) is 42.9. The molecule has 1 saturated carbocycles. The van der Waals surface area contributed by atoms with Crippen molar-refractivity contribution in [3.05, 3.63) is 64.2 Å². The van der Waals surface area contributed by atoms with Crippen LogP contribution >= 0.6 is 23.1 Å². The minimum Gasteiger partial charge on any atom is -0.496 e. The first-order valence-corrected chi connectivity index (χ1v) is 12.7. The van der Waals surface area contributed by atoms with Crippen molar-refractivity contribution >= 4 is 56.5 Å².